The molecular formula is C21H31NO11. The molecule has 0 aliphatic carbocycles. The molecule has 1 heterocycles. The molecule has 0 aromatic heterocycles. The predicted octanol–water partition coefficient (Wildman–Crippen LogP) is -3.79. The Hall–Kier alpha value is -1.97. The van der Waals surface area contributed by atoms with Crippen LogP contribution in [0, 0.1) is 0 Å². The maximum atomic E-state index is 12.3. The van der Waals surface area contributed by atoms with Gasteiger partial charge in [0.15, 0.2) is 12.4 Å². The highest BCUT2D eigenvalue weighted by molar-refractivity contribution is 5.81. The molecule has 9 atom stereocenters. The summed E-state index contributed by atoms with van der Waals surface area (Å²) in [6.07, 6.45) is -14.7. The molecule has 2 unspecified atom stereocenters. The normalized spacial score (nSPS) is 29.0. The van der Waals surface area contributed by atoms with Gasteiger partial charge in [-0.15, -0.1) is 0 Å². The molecule has 1 fully saturated rings. The number of benzene rings is 1. The highest BCUT2D eigenvalue weighted by Crippen LogP contribution is 2.25. The third-order valence-electron chi connectivity index (χ3n) is 5.32. The standard InChI is InChI=1S/C21H31NO11/c1-2-10-3-5-11(6-4-10)7-22-20(31)17(29)16(28)19(12(25)8-23)33-21-18(30)15(27)14(26)13(9-24)32-21/h2-6,12-19,21,23-30H,1,7-9H2,(H,22,31)/t12?,13-,14+,15+,16+,17-,18-,19?,21+/m1/s1. The minimum Gasteiger partial charge on any atom is -0.394 e. The Morgan fingerprint density at radius 1 is 1.09 bits per heavy atom. The van der Waals surface area contributed by atoms with Crippen LogP contribution < -0.4 is 5.32 Å². The lowest BCUT2D eigenvalue weighted by atomic mass is 9.98. The lowest BCUT2D eigenvalue weighted by Gasteiger charge is -2.42. The van der Waals surface area contributed by atoms with Gasteiger partial charge in [0.1, 0.15) is 42.7 Å². The van der Waals surface area contributed by atoms with Crippen LogP contribution in [0.2, 0.25) is 0 Å². The minimum absolute atomic E-state index is 0.0147. The fraction of sp³-hybridized carbons (Fsp3) is 0.571. The van der Waals surface area contributed by atoms with Gasteiger partial charge in [0.25, 0.3) is 5.91 Å². The quantitative estimate of drug-likeness (QED) is 0.152. The summed E-state index contributed by atoms with van der Waals surface area (Å²) in [5.41, 5.74) is 1.56. The summed E-state index contributed by atoms with van der Waals surface area (Å²) in [5.74, 6) is -1.01. The first kappa shape index (κ1) is 27.3. The van der Waals surface area contributed by atoms with Crippen LogP contribution in [0.3, 0.4) is 0 Å². The van der Waals surface area contributed by atoms with Crippen molar-refractivity contribution in [1.82, 2.24) is 5.32 Å². The maximum Gasteiger partial charge on any atom is 0.251 e. The molecule has 0 spiro atoms. The SMILES string of the molecule is C=Cc1ccc(CNC(=O)[C@H](O)[C@H](O)C(O[C@@H]2O[C@H](CO)[C@H](O)[C@H](O)[C@H]2O)C(O)CO)cc1. The Labute approximate surface area is 190 Å². The van der Waals surface area contributed by atoms with Gasteiger partial charge in [-0.25, -0.2) is 0 Å². The molecule has 0 radical (unpaired) electrons. The fourth-order valence-electron chi connectivity index (χ4n) is 3.24. The van der Waals surface area contributed by atoms with Gasteiger partial charge in [0.05, 0.1) is 13.2 Å². The number of hydrogen-bond donors (Lipinski definition) is 9. The summed E-state index contributed by atoms with van der Waals surface area (Å²) in [7, 11) is 0. The van der Waals surface area contributed by atoms with Gasteiger partial charge < -0.3 is 55.6 Å². The molecule has 2 rings (SSSR count). The highest BCUT2D eigenvalue weighted by Gasteiger charge is 2.47. The Morgan fingerprint density at radius 3 is 2.27 bits per heavy atom. The zero-order chi connectivity index (χ0) is 24.7. The minimum atomic E-state index is -2.12. The summed E-state index contributed by atoms with van der Waals surface area (Å²) in [6.45, 7) is 1.94. The number of nitrogens with one attached hydrogen (secondary N) is 1. The van der Waals surface area contributed by atoms with Gasteiger partial charge in [-0.3, -0.25) is 4.79 Å². The molecular weight excluding hydrogens is 442 g/mol. The zero-order valence-corrected chi connectivity index (χ0v) is 17.7. The van der Waals surface area contributed by atoms with Crippen LogP contribution >= 0.6 is 0 Å². The Bertz CT molecular complexity index is 759. The van der Waals surface area contributed by atoms with Gasteiger partial charge in [-0.1, -0.05) is 36.9 Å². The number of aliphatic hydroxyl groups is 8. The lowest BCUT2D eigenvalue weighted by molar-refractivity contribution is -0.326. The van der Waals surface area contributed by atoms with Crippen LogP contribution in [0.1, 0.15) is 11.1 Å². The second-order valence-corrected chi connectivity index (χ2v) is 7.65. The largest absolute Gasteiger partial charge is 0.394 e. The first-order chi connectivity index (χ1) is 15.6. The van der Waals surface area contributed by atoms with E-state index in [4.69, 9.17) is 9.47 Å². The number of carbonyl (C=O) groups excluding carboxylic acids is 1. The van der Waals surface area contributed by atoms with Crippen molar-refractivity contribution in [1.29, 1.82) is 0 Å². The molecule has 186 valence electrons. The van der Waals surface area contributed by atoms with E-state index in [0.29, 0.717) is 5.56 Å². The molecule has 33 heavy (non-hydrogen) atoms. The first-order valence-electron chi connectivity index (χ1n) is 10.2. The van der Waals surface area contributed by atoms with Crippen LogP contribution in [0.5, 0.6) is 0 Å². The van der Waals surface area contributed by atoms with E-state index in [2.05, 4.69) is 11.9 Å². The van der Waals surface area contributed by atoms with Crippen LogP contribution in [-0.4, -0.2) is 115 Å². The van der Waals surface area contributed by atoms with Crippen LogP contribution in [-0.2, 0) is 20.8 Å². The van der Waals surface area contributed by atoms with Crippen LogP contribution in [0.25, 0.3) is 6.08 Å². The average Bonchev–Trinajstić information content (AvgIpc) is 2.84. The van der Waals surface area contributed by atoms with Gasteiger partial charge in [-0.05, 0) is 11.1 Å². The predicted molar refractivity (Wildman–Crippen MR) is 112 cm³/mol. The monoisotopic (exact) mass is 473 g/mol. The number of aliphatic hydroxyl groups excluding tert-OH is 8. The van der Waals surface area contributed by atoms with E-state index in [0.717, 1.165) is 5.56 Å². The summed E-state index contributed by atoms with van der Waals surface area (Å²) >= 11 is 0. The molecule has 0 bridgehead atoms. The van der Waals surface area contributed by atoms with E-state index in [-0.39, 0.29) is 6.54 Å². The fourth-order valence-corrected chi connectivity index (χ4v) is 3.24. The topological polar surface area (TPSA) is 209 Å². The smallest absolute Gasteiger partial charge is 0.251 e. The third-order valence-corrected chi connectivity index (χ3v) is 5.32. The van der Waals surface area contributed by atoms with Gasteiger partial charge in [0.2, 0.25) is 0 Å². The van der Waals surface area contributed by atoms with Gasteiger partial charge in [-0.2, -0.15) is 0 Å². The molecule has 1 amide bonds. The second kappa shape index (κ2) is 12.5. The average molecular weight is 473 g/mol. The van der Waals surface area contributed by atoms with Crippen LogP contribution in [0.4, 0.5) is 0 Å². The first-order valence-corrected chi connectivity index (χ1v) is 10.2. The molecule has 1 aromatic rings. The van der Waals surface area contributed by atoms with Crippen molar-refractivity contribution in [2.24, 2.45) is 0 Å². The van der Waals surface area contributed by atoms with Crippen molar-refractivity contribution in [3.63, 3.8) is 0 Å². The Kier molecular flexibility index (Phi) is 10.3. The molecule has 12 nitrogen and oxygen atoms in total. The van der Waals surface area contributed by atoms with Crippen molar-refractivity contribution in [3.8, 4) is 0 Å². The van der Waals surface area contributed by atoms with E-state index < -0.39 is 74.2 Å². The summed E-state index contributed by atoms with van der Waals surface area (Å²) in [5, 5.41) is 81.5. The van der Waals surface area contributed by atoms with Gasteiger partial charge in [0, 0.05) is 6.54 Å². The third kappa shape index (κ3) is 6.77. The maximum absolute atomic E-state index is 12.3. The Morgan fingerprint density at radius 2 is 1.73 bits per heavy atom. The highest BCUT2D eigenvalue weighted by atomic mass is 16.7. The van der Waals surface area contributed by atoms with Crippen molar-refractivity contribution in [2.45, 2.75) is 61.7 Å². The Balaban J connectivity index is 2.06. The van der Waals surface area contributed by atoms with E-state index >= 15 is 0 Å². The molecule has 9 N–H and O–H groups in total. The number of hydrogen-bond acceptors (Lipinski definition) is 11. The number of ether oxygens (including phenoxy) is 2. The summed E-state index contributed by atoms with van der Waals surface area (Å²) in [4.78, 5) is 12.3. The number of carbonyl (C=O) groups is 1. The van der Waals surface area contributed by atoms with Crippen LogP contribution in [0.15, 0.2) is 30.8 Å². The van der Waals surface area contributed by atoms with Crippen molar-refractivity contribution in [3.05, 3.63) is 42.0 Å². The number of rotatable bonds is 11. The van der Waals surface area contributed by atoms with Crippen molar-refractivity contribution in [2.75, 3.05) is 13.2 Å². The molecule has 1 aromatic carbocycles. The summed E-state index contributed by atoms with van der Waals surface area (Å²) < 4.78 is 10.4. The van der Waals surface area contributed by atoms with Gasteiger partial charge >= 0.3 is 0 Å². The van der Waals surface area contributed by atoms with Crippen molar-refractivity contribution < 1.29 is 55.1 Å². The van der Waals surface area contributed by atoms with E-state index in [1.807, 2.05) is 0 Å². The molecule has 1 aliphatic heterocycles. The molecule has 12 heteroatoms. The second-order valence-electron chi connectivity index (χ2n) is 7.65. The van der Waals surface area contributed by atoms with E-state index in [1.54, 1.807) is 30.3 Å². The van der Waals surface area contributed by atoms with Crippen molar-refractivity contribution >= 4 is 12.0 Å². The zero-order valence-electron chi connectivity index (χ0n) is 17.7. The molecule has 1 saturated heterocycles. The lowest BCUT2D eigenvalue weighted by Crippen LogP contribution is -2.62. The molecule has 1 aliphatic rings. The van der Waals surface area contributed by atoms with E-state index in [9.17, 15) is 45.6 Å². The molecule has 0 saturated carbocycles. The van der Waals surface area contributed by atoms with E-state index in [1.165, 1.54) is 0 Å². The summed E-state index contributed by atoms with van der Waals surface area (Å²) in [6, 6.07) is 6.98. The number of amides is 1.